The van der Waals surface area contributed by atoms with Crippen molar-refractivity contribution in [1.29, 1.82) is 0 Å². The van der Waals surface area contributed by atoms with Gasteiger partial charge in [-0.3, -0.25) is 14.5 Å². The van der Waals surface area contributed by atoms with E-state index >= 15 is 0 Å². The molecule has 2 heterocycles. The molecule has 208 valence electrons. The fraction of sp³-hybridized carbons (Fsp3) is 0.250. The molecule has 1 saturated carbocycles. The third-order valence-corrected chi connectivity index (χ3v) is 8.14. The Labute approximate surface area is 242 Å². The zero-order valence-electron chi connectivity index (χ0n) is 22.4. The fourth-order valence-electron chi connectivity index (χ4n) is 5.06. The summed E-state index contributed by atoms with van der Waals surface area (Å²) in [5.41, 5.74) is 4.00. The fourth-order valence-corrected chi connectivity index (χ4v) is 5.78. The molecule has 1 aromatic heterocycles. The van der Waals surface area contributed by atoms with Crippen LogP contribution in [-0.2, 0) is 16.1 Å². The first-order valence-electron chi connectivity index (χ1n) is 13.8. The summed E-state index contributed by atoms with van der Waals surface area (Å²) in [5.74, 6) is -0.365. The molecule has 1 aliphatic carbocycles. The Kier molecular flexibility index (Phi) is 7.78. The van der Waals surface area contributed by atoms with Gasteiger partial charge in [0.2, 0.25) is 5.91 Å². The lowest BCUT2D eigenvalue weighted by atomic mass is 10.1. The average Bonchev–Trinajstić information content (AvgIpc) is 3.51. The van der Waals surface area contributed by atoms with Crippen LogP contribution in [0.2, 0.25) is 0 Å². The van der Waals surface area contributed by atoms with Gasteiger partial charge in [-0.15, -0.1) is 11.3 Å². The molecule has 1 aliphatic heterocycles. The van der Waals surface area contributed by atoms with E-state index in [-0.39, 0.29) is 24.5 Å². The van der Waals surface area contributed by atoms with Gasteiger partial charge in [-0.25, -0.2) is 9.78 Å². The number of hydrogen-bond acceptors (Lipinski definition) is 6. The minimum Gasteiger partial charge on any atom is -0.445 e. The second-order valence-corrected chi connectivity index (χ2v) is 11.2. The van der Waals surface area contributed by atoms with E-state index in [1.165, 1.54) is 11.3 Å². The molecule has 0 bridgehead atoms. The van der Waals surface area contributed by atoms with Crippen molar-refractivity contribution in [2.75, 3.05) is 5.32 Å². The van der Waals surface area contributed by atoms with Crippen LogP contribution in [0.25, 0.3) is 11.3 Å². The molecule has 1 saturated heterocycles. The van der Waals surface area contributed by atoms with Crippen LogP contribution < -0.4 is 10.6 Å². The number of likely N-dealkylation sites (tertiary alicyclic amines) is 1. The molecular weight excluding hydrogens is 536 g/mol. The second-order valence-electron chi connectivity index (χ2n) is 10.3. The van der Waals surface area contributed by atoms with Crippen molar-refractivity contribution in [3.05, 3.63) is 107 Å². The number of carbonyl (C=O) groups is 3. The zero-order chi connectivity index (χ0) is 28.2. The van der Waals surface area contributed by atoms with Crippen molar-refractivity contribution in [1.82, 2.24) is 15.2 Å². The van der Waals surface area contributed by atoms with E-state index in [2.05, 4.69) is 15.6 Å². The molecule has 41 heavy (non-hydrogen) atoms. The van der Waals surface area contributed by atoms with Crippen LogP contribution in [0.15, 0.2) is 90.3 Å². The Balaban J connectivity index is 1.14. The Morgan fingerprint density at radius 2 is 1.59 bits per heavy atom. The molecule has 0 spiro atoms. The number of thiazole rings is 1. The lowest BCUT2D eigenvalue weighted by Gasteiger charge is -2.29. The topological polar surface area (TPSA) is 101 Å². The van der Waals surface area contributed by atoms with Crippen molar-refractivity contribution in [3.8, 4) is 11.3 Å². The van der Waals surface area contributed by atoms with E-state index < -0.39 is 12.1 Å². The third kappa shape index (κ3) is 6.30. The summed E-state index contributed by atoms with van der Waals surface area (Å²) < 4.78 is 5.67. The van der Waals surface area contributed by atoms with E-state index in [1.54, 1.807) is 17.0 Å². The minimum atomic E-state index is -0.694. The third-order valence-electron chi connectivity index (χ3n) is 7.38. The summed E-state index contributed by atoms with van der Waals surface area (Å²) >= 11 is 1.32. The number of aromatic nitrogens is 1. The molecule has 0 radical (unpaired) electrons. The molecule has 6 rings (SSSR count). The van der Waals surface area contributed by atoms with Crippen LogP contribution in [0, 0.1) is 0 Å². The molecule has 2 atom stereocenters. The lowest BCUT2D eigenvalue weighted by Crippen LogP contribution is -2.44. The number of hydrogen-bond donors (Lipinski definition) is 2. The van der Waals surface area contributed by atoms with Crippen LogP contribution in [0.5, 0.6) is 0 Å². The van der Waals surface area contributed by atoms with Gasteiger partial charge in [0.25, 0.3) is 5.91 Å². The number of nitrogens with one attached hydrogen (secondary N) is 2. The van der Waals surface area contributed by atoms with Crippen LogP contribution in [0.1, 0.15) is 53.2 Å². The van der Waals surface area contributed by atoms with E-state index in [4.69, 9.17) is 4.74 Å². The lowest BCUT2D eigenvalue weighted by molar-refractivity contribution is -0.120. The highest BCUT2D eigenvalue weighted by Gasteiger charge is 2.42. The van der Waals surface area contributed by atoms with E-state index in [1.807, 2.05) is 78.2 Å². The molecule has 2 N–H and O–H groups in total. The number of benzene rings is 3. The van der Waals surface area contributed by atoms with Gasteiger partial charge < -0.3 is 15.4 Å². The summed E-state index contributed by atoms with van der Waals surface area (Å²) in [7, 11) is 0. The van der Waals surface area contributed by atoms with Gasteiger partial charge in [0.1, 0.15) is 12.6 Å². The molecule has 9 heteroatoms. The summed E-state index contributed by atoms with van der Waals surface area (Å²) in [6.45, 7) is 0.128. The smallest absolute Gasteiger partial charge is 0.411 e. The molecule has 2 fully saturated rings. The Hall–Kier alpha value is -4.50. The van der Waals surface area contributed by atoms with Crippen LogP contribution >= 0.6 is 11.3 Å². The van der Waals surface area contributed by atoms with E-state index in [0.29, 0.717) is 35.3 Å². The predicted molar refractivity (Wildman–Crippen MR) is 157 cm³/mol. The van der Waals surface area contributed by atoms with Gasteiger partial charge >= 0.3 is 6.09 Å². The van der Waals surface area contributed by atoms with Crippen LogP contribution in [0.4, 0.5) is 9.93 Å². The van der Waals surface area contributed by atoms with Crippen molar-refractivity contribution >= 4 is 34.4 Å². The molecular formula is C32H30N4O4S. The largest absolute Gasteiger partial charge is 0.445 e. The number of ether oxygens (including phenoxy) is 1. The zero-order valence-corrected chi connectivity index (χ0v) is 23.2. The highest BCUT2D eigenvalue weighted by molar-refractivity contribution is 7.14. The molecule has 3 aromatic carbocycles. The van der Waals surface area contributed by atoms with E-state index in [9.17, 15) is 14.4 Å². The van der Waals surface area contributed by atoms with Crippen molar-refractivity contribution in [3.63, 3.8) is 0 Å². The average molecular weight is 567 g/mol. The van der Waals surface area contributed by atoms with E-state index in [0.717, 1.165) is 29.5 Å². The summed E-state index contributed by atoms with van der Waals surface area (Å²) in [4.78, 5) is 45.3. The maximum Gasteiger partial charge on any atom is 0.411 e. The first-order chi connectivity index (χ1) is 20.0. The highest BCUT2D eigenvalue weighted by atomic mass is 32.1. The molecule has 0 unspecified atom stereocenters. The van der Waals surface area contributed by atoms with Crippen LogP contribution in [-0.4, -0.2) is 39.9 Å². The molecule has 3 amide bonds. The number of amides is 3. The predicted octanol–water partition coefficient (Wildman–Crippen LogP) is 6.18. The summed E-state index contributed by atoms with van der Waals surface area (Å²) in [6, 6.07) is 25.8. The van der Waals surface area contributed by atoms with Crippen molar-refractivity contribution in [2.24, 2.45) is 0 Å². The normalized spacial score (nSPS) is 18.1. The van der Waals surface area contributed by atoms with Gasteiger partial charge in [-0.2, -0.15) is 0 Å². The van der Waals surface area contributed by atoms with Gasteiger partial charge in [0.05, 0.1) is 11.7 Å². The SMILES string of the molecule is O=C(NC1CC1)c1ccc(-c2csc(NC(=O)[C@@H]3CC[C@H](c4ccccc4)N3C(=O)OCc3ccccc3)n2)cc1. The van der Waals surface area contributed by atoms with Gasteiger partial charge in [0.15, 0.2) is 5.13 Å². The maximum atomic E-state index is 13.5. The Morgan fingerprint density at radius 3 is 2.29 bits per heavy atom. The highest BCUT2D eigenvalue weighted by Crippen LogP contribution is 2.37. The van der Waals surface area contributed by atoms with Gasteiger partial charge in [-0.05, 0) is 48.9 Å². The second kappa shape index (κ2) is 11.9. The number of carbonyl (C=O) groups excluding carboxylic acids is 3. The Morgan fingerprint density at radius 1 is 0.878 bits per heavy atom. The van der Waals surface area contributed by atoms with Crippen molar-refractivity contribution in [2.45, 2.75) is 50.4 Å². The first-order valence-corrected chi connectivity index (χ1v) is 14.6. The Bertz CT molecular complexity index is 1520. The summed E-state index contributed by atoms with van der Waals surface area (Å²) in [5, 5.41) is 8.21. The van der Waals surface area contributed by atoms with Gasteiger partial charge in [0, 0.05) is 22.5 Å². The molecule has 8 nitrogen and oxygen atoms in total. The number of anilines is 1. The standard InChI is InChI=1S/C32H30N4O4S/c37-29(33-25-15-16-25)24-13-11-22(12-14-24)26-20-41-31(34-26)35-30(38)28-18-17-27(23-9-5-2-6-10-23)36(28)32(39)40-19-21-7-3-1-4-8-21/h1-14,20,25,27-28H,15-19H2,(H,33,37)(H,34,35,38)/t27-,28+/m1/s1. The first kappa shape index (κ1) is 26.7. The minimum absolute atomic E-state index is 0.0671. The van der Waals surface area contributed by atoms with Crippen molar-refractivity contribution < 1.29 is 19.1 Å². The molecule has 2 aliphatic rings. The van der Waals surface area contributed by atoms with Gasteiger partial charge in [-0.1, -0.05) is 72.8 Å². The quantitative estimate of drug-likeness (QED) is 0.265. The number of nitrogens with zero attached hydrogens (tertiary/aromatic N) is 2. The summed E-state index contributed by atoms with van der Waals surface area (Å²) in [6.07, 6.45) is 2.71. The molecule has 4 aromatic rings. The maximum absolute atomic E-state index is 13.5. The van der Waals surface area contributed by atoms with Crippen LogP contribution in [0.3, 0.4) is 0 Å². The monoisotopic (exact) mass is 566 g/mol. The number of rotatable bonds is 8.